The van der Waals surface area contributed by atoms with Gasteiger partial charge in [0.1, 0.15) is 5.82 Å². The molecule has 1 aromatic carbocycles. The number of carbonyl (C=O) groups is 2. The fourth-order valence-corrected chi connectivity index (χ4v) is 2.68. The Morgan fingerprint density at radius 1 is 1.38 bits per heavy atom. The molecule has 0 heterocycles. The van der Waals surface area contributed by atoms with Gasteiger partial charge in [-0.05, 0) is 37.0 Å². The van der Waals surface area contributed by atoms with E-state index in [2.05, 4.69) is 5.32 Å². The van der Waals surface area contributed by atoms with Gasteiger partial charge in [0.05, 0.1) is 11.3 Å². The summed E-state index contributed by atoms with van der Waals surface area (Å²) in [5, 5.41) is 11.6. The van der Waals surface area contributed by atoms with Gasteiger partial charge in [-0.3, -0.25) is 0 Å². The Balaban J connectivity index is 2.03. The Bertz CT molecular complexity index is 542. The molecule has 1 aliphatic rings. The number of hydrogen-bond acceptors (Lipinski definition) is 2. The Morgan fingerprint density at radius 3 is 2.67 bits per heavy atom. The molecule has 0 atom stereocenters. The third kappa shape index (κ3) is 3.93. The van der Waals surface area contributed by atoms with Gasteiger partial charge in [0.25, 0.3) is 0 Å². The quantitative estimate of drug-likeness (QED) is 0.896. The largest absolute Gasteiger partial charge is 0.478 e. The number of urea groups is 1. The molecule has 2 rings (SSSR count). The number of hydrogen-bond donors (Lipinski definition) is 2. The lowest BCUT2D eigenvalue weighted by atomic mass is 10.1. The van der Waals surface area contributed by atoms with E-state index in [-0.39, 0.29) is 17.3 Å². The fourth-order valence-electron chi connectivity index (χ4n) is 2.68. The molecule has 0 saturated heterocycles. The zero-order valence-electron chi connectivity index (χ0n) is 11.9. The predicted molar refractivity (Wildman–Crippen MR) is 77.0 cm³/mol. The number of amides is 2. The van der Waals surface area contributed by atoms with Crippen molar-refractivity contribution in [3.63, 3.8) is 0 Å². The second-order valence-corrected chi connectivity index (χ2v) is 5.46. The van der Waals surface area contributed by atoms with Crippen LogP contribution in [0, 0.1) is 11.7 Å². The zero-order chi connectivity index (χ0) is 15.4. The van der Waals surface area contributed by atoms with Gasteiger partial charge in [-0.1, -0.05) is 12.8 Å². The standard InChI is InChI=1S/C15H19FN2O3/c1-18(9-10-4-2-3-5-10)15(21)17-13-7-6-11(16)8-12(13)14(19)20/h6-8,10H,2-5,9H2,1H3,(H,17,21)(H,19,20). The summed E-state index contributed by atoms with van der Waals surface area (Å²) in [6, 6.07) is 2.91. The van der Waals surface area contributed by atoms with E-state index >= 15 is 0 Å². The molecule has 1 saturated carbocycles. The Labute approximate surface area is 122 Å². The normalized spacial score (nSPS) is 15.0. The number of carbonyl (C=O) groups excluding carboxylic acids is 1. The van der Waals surface area contributed by atoms with E-state index in [1.165, 1.54) is 18.9 Å². The molecular formula is C15H19FN2O3. The Kier molecular flexibility index (Phi) is 4.77. The minimum absolute atomic E-state index is 0.104. The number of carboxylic acids is 1. The zero-order valence-corrected chi connectivity index (χ0v) is 11.9. The highest BCUT2D eigenvalue weighted by molar-refractivity contribution is 5.99. The molecule has 6 heteroatoms. The molecule has 114 valence electrons. The predicted octanol–water partition coefficient (Wildman–Crippen LogP) is 3.18. The fraction of sp³-hybridized carbons (Fsp3) is 0.467. The molecule has 5 nitrogen and oxygen atoms in total. The second-order valence-electron chi connectivity index (χ2n) is 5.46. The first kappa shape index (κ1) is 15.3. The van der Waals surface area contributed by atoms with Crippen LogP contribution in [0.4, 0.5) is 14.9 Å². The second kappa shape index (κ2) is 6.56. The smallest absolute Gasteiger partial charge is 0.337 e. The summed E-state index contributed by atoms with van der Waals surface area (Å²) in [6.07, 6.45) is 4.63. The van der Waals surface area contributed by atoms with Crippen molar-refractivity contribution < 1.29 is 19.1 Å². The van der Waals surface area contributed by atoms with Crippen LogP contribution in [0.25, 0.3) is 0 Å². The number of carboxylic acid groups (broad SMARTS) is 1. The minimum Gasteiger partial charge on any atom is -0.478 e. The third-order valence-corrected chi connectivity index (χ3v) is 3.81. The van der Waals surface area contributed by atoms with Crippen LogP contribution in [0.1, 0.15) is 36.0 Å². The van der Waals surface area contributed by atoms with Crippen LogP contribution in [0.5, 0.6) is 0 Å². The number of anilines is 1. The van der Waals surface area contributed by atoms with Crippen molar-refractivity contribution in [1.29, 1.82) is 0 Å². The van der Waals surface area contributed by atoms with Crippen molar-refractivity contribution >= 4 is 17.7 Å². The van der Waals surface area contributed by atoms with Crippen molar-refractivity contribution in [3.8, 4) is 0 Å². The van der Waals surface area contributed by atoms with Crippen LogP contribution in [0.3, 0.4) is 0 Å². The molecule has 0 spiro atoms. The van der Waals surface area contributed by atoms with E-state index in [0.29, 0.717) is 12.5 Å². The van der Waals surface area contributed by atoms with Crippen LogP contribution in [0.15, 0.2) is 18.2 Å². The van der Waals surface area contributed by atoms with Gasteiger partial charge < -0.3 is 15.3 Å². The molecule has 1 aliphatic carbocycles. The van der Waals surface area contributed by atoms with E-state index < -0.39 is 11.8 Å². The molecule has 0 unspecified atom stereocenters. The summed E-state index contributed by atoms with van der Waals surface area (Å²) < 4.78 is 13.1. The molecule has 1 aromatic rings. The Morgan fingerprint density at radius 2 is 2.05 bits per heavy atom. The Hall–Kier alpha value is -2.11. The highest BCUT2D eigenvalue weighted by Crippen LogP contribution is 2.25. The van der Waals surface area contributed by atoms with Gasteiger partial charge in [-0.25, -0.2) is 14.0 Å². The van der Waals surface area contributed by atoms with Crippen molar-refractivity contribution in [2.45, 2.75) is 25.7 Å². The van der Waals surface area contributed by atoms with E-state index in [0.717, 1.165) is 25.0 Å². The van der Waals surface area contributed by atoms with Gasteiger partial charge in [-0.2, -0.15) is 0 Å². The lowest BCUT2D eigenvalue weighted by Crippen LogP contribution is -2.35. The maximum Gasteiger partial charge on any atom is 0.337 e. The third-order valence-electron chi connectivity index (χ3n) is 3.81. The molecular weight excluding hydrogens is 275 g/mol. The molecule has 0 aliphatic heterocycles. The molecule has 0 bridgehead atoms. The SMILES string of the molecule is CN(CC1CCCC1)C(=O)Nc1ccc(F)cc1C(=O)O. The number of rotatable bonds is 4. The molecule has 21 heavy (non-hydrogen) atoms. The molecule has 2 N–H and O–H groups in total. The van der Waals surface area contributed by atoms with Gasteiger partial charge in [0, 0.05) is 13.6 Å². The van der Waals surface area contributed by atoms with Crippen LogP contribution in [-0.2, 0) is 0 Å². The van der Waals surface area contributed by atoms with Crippen LogP contribution in [-0.4, -0.2) is 35.6 Å². The van der Waals surface area contributed by atoms with Gasteiger partial charge >= 0.3 is 12.0 Å². The average molecular weight is 294 g/mol. The first-order chi connectivity index (χ1) is 9.97. The van der Waals surface area contributed by atoms with Crippen molar-refractivity contribution in [3.05, 3.63) is 29.6 Å². The van der Waals surface area contributed by atoms with Crippen LogP contribution < -0.4 is 5.32 Å². The molecule has 1 fully saturated rings. The van der Waals surface area contributed by atoms with Crippen LogP contribution >= 0.6 is 0 Å². The van der Waals surface area contributed by atoms with E-state index in [4.69, 9.17) is 5.11 Å². The average Bonchev–Trinajstić information content (AvgIpc) is 2.93. The lowest BCUT2D eigenvalue weighted by Gasteiger charge is -2.22. The summed E-state index contributed by atoms with van der Waals surface area (Å²) >= 11 is 0. The number of aromatic carboxylic acids is 1. The molecule has 0 aromatic heterocycles. The summed E-state index contributed by atoms with van der Waals surface area (Å²) in [7, 11) is 1.68. The van der Waals surface area contributed by atoms with E-state index in [9.17, 15) is 14.0 Å². The highest BCUT2D eigenvalue weighted by atomic mass is 19.1. The lowest BCUT2D eigenvalue weighted by molar-refractivity contribution is 0.0697. The molecule has 0 radical (unpaired) electrons. The van der Waals surface area contributed by atoms with Crippen molar-refractivity contribution in [2.75, 3.05) is 18.9 Å². The van der Waals surface area contributed by atoms with Gasteiger partial charge in [0.15, 0.2) is 0 Å². The number of benzene rings is 1. The summed E-state index contributed by atoms with van der Waals surface area (Å²) in [5.74, 6) is -1.42. The minimum atomic E-state index is -1.27. The van der Waals surface area contributed by atoms with Crippen molar-refractivity contribution in [1.82, 2.24) is 4.90 Å². The van der Waals surface area contributed by atoms with Gasteiger partial charge in [0.2, 0.25) is 0 Å². The summed E-state index contributed by atoms with van der Waals surface area (Å²) in [6.45, 7) is 0.648. The monoisotopic (exact) mass is 294 g/mol. The van der Waals surface area contributed by atoms with E-state index in [1.54, 1.807) is 11.9 Å². The van der Waals surface area contributed by atoms with E-state index in [1.807, 2.05) is 0 Å². The van der Waals surface area contributed by atoms with Crippen molar-refractivity contribution in [2.24, 2.45) is 5.92 Å². The summed E-state index contributed by atoms with van der Waals surface area (Å²) in [5.41, 5.74) is -0.148. The first-order valence-electron chi connectivity index (χ1n) is 7.02. The maximum atomic E-state index is 13.1. The highest BCUT2D eigenvalue weighted by Gasteiger charge is 2.20. The molecule has 2 amide bonds. The topological polar surface area (TPSA) is 69.6 Å². The summed E-state index contributed by atoms with van der Waals surface area (Å²) in [4.78, 5) is 24.7. The first-order valence-corrected chi connectivity index (χ1v) is 7.02. The number of halogens is 1. The van der Waals surface area contributed by atoms with Crippen LogP contribution in [0.2, 0.25) is 0 Å². The number of nitrogens with one attached hydrogen (secondary N) is 1. The number of nitrogens with zero attached hydrogens (tertiary/aromatic N) is 1. The van der Waals surface area contributed by atoms with Gasteiger partial charge in [-0.15, -0.1) is 0 Å². The maximum absolute atomic E-state index is 13.1.